The monoisotopic (exact) mass is 342 g/mol. The van der Waals surface area contributed by atoms with E-state index in [0.717, 1.165) is 0 Å². The van der Waals surface area contributed by atoms with Crippen molar-refractivity contribution < 1.29 is 9.72 Å². The summed E-state index contributed by atoms with van der Waals surface area (Å²) in [6.07, 6.45) is 1.23. The fourth-order valence-corrected chi connectivity index (χ4v) is 2.09. The lowest BCUT2D eigenvalue weighted by atomic mass is 10.2. The number of carbonyl (C=O) groups excluding carboxylic acids is 1. The number of aryl methyl sites for hydroxylation is 1. The summed E-state index contributed by atoms with van der Waals surface area (Å²) in [5.74, 6) is -0.379. The van der Waals surface area contributed by atoms with Crippen LogP contribution in [0, 0.1) is 17.0 Å². The summed E-state index contributed by atoms with van der Waals surface area (Å²) in [7, 11) is 0. The van der Waals surface area contributed by atoms with E-state index in [1.807, 2.05) is 0 Å². The van der Waals surface area contributed by atoms with E-state index in [9.17, 15) is 14.9 Å². The molecular weight excluding hydrogens is 331 g/mol. The second-order valence-corrected chi connectivity index (χ2v) is 5.45. The minimum Gasteiger partial charge on any atom is -0.324 e. The molecule has 2 aromatic rings. The number of halogens is 2. The third-order valence-electron chi connectivity index (χ3n) is 3.05. The molecule has 0 radical (unpaired) electrons. The second kappa shape index (κ2) is 6.33. The highest BCUT2D eigenvalue weighted by Gasteiger charge is 2.22. The van der Waals surface area contributed by atoms with E-state index >= 15 is 0 Å². The van der Waals surface area contributed by atoms with Crippen molar-refractivity contribution in [2.75, 3.05) is 5.32 Å². The van der Waals surface area contributed by atoms with Crippen molar-refractivity contribution in [2.24, 2.45) is 0 Å². The van der Waals surface area contributed by atoms with Gasteiger partial charge in [0.05, 0.1) is 15.0 Å². The lowest BCUT2D eigenvalue weighted by Crippen LogP contribution is -2.24. The molecule has 0 aliphatic rings. The Bertz CT molecular complexity index is 745. The Labute approximate surface area is 136 Å². The second-order valence-electron chi connectivity index (χ2n) is 4.63. The Kier molecular flexibility index (Phi) is 4.68. The first-order valence-electron chi connectivity index (χ1n) is 6.25. The van der Waals surface area contributed by atoms with Crippen molar-refractivity contribution in [3.63, 3.8) is 0 Å². The summed E-state index contributed by atoms with van der Waals surface area (Å²) >= 11 is 11.7. The predicted molar refractivity (Wildman–Crippen MR) is 83.4 cm³/mol. The Morgan fingerprint density at radius 1 is 1.41 bits per heavy atom. The van der Waals surface area contributed by atoms with Crippen molar-refractivity contribution in [3.05, 3.63) is 50.2 Å². The number of nitrogens with zero attached hydrogens (tertiary/aromatic N) is 3. The molecule has 1 atom stereocenters. The average molecular weight is 343 g/mol. The molecule has 116 valence electrons. The molecule has 0 spiro atoms. The molecule has 2 rings (SSSR count). The minimum absolute atomic E-state index is 0.130. The van der Waals surface area contributed by atoms with Gasteiger partial charge in [-0.3, -0.25) is 19.6 Å². The summed E-state index contributed by atoms with van der Waals surface area (Å²) in [4.78, 5) is 22.5. The van der Waals surface area contributed by atoms with E-state index in [1.165, 1.54) is 23.9 Å². The zero-order valence-electron chi connectivity index (χ0n) is 11.7. The molecule has 1 heterocycles. The molecule has 22 heavy (non-hydrogen) atoms. The lowest BCUT2D eigenvalue weighted by Gasteiger charge is -2.12. The minimum atomic E-state index is -0.721. The van der Waals surface area contributed by atoms with E-state index < -0.39 is 11.0 Å². The summed E-state index contributed by atoms with van der Waals surface area (Å²) in [5.41, 5.74) is 0.595. The molecule has 0 bridgehead atoms. The molecule has 0 saturated carbocycles. The van der Waals surface area contributed by atoms with Crippen LogP contribution in [-0.4, -0.2) is 20.6 Å². The van der Waals surface area contributed by atoms with Gasteiger partial charge in [-0.1, -0.05) is 23.2 Å². The normalized spacial score (nSPS) is 12.0. The van der Waals surface area contributed by atoms with Gasteiger partial charge in [-0.25, -0.2) is 0 Å². The van der Waals surface area contributed by atoms with Crippen LogP contribution >= 0.6 is 23.2 Å². The van der Waals surface area contributed by atoms with Crippen LogP contribution in [0.25, 0.3) is 0 Å². The molecule has 1 aromatic carbocycles. The Morgan fingerprint density at radius 3 is 2.64 bits per heavy atom. The standard InChI is InChI=1S/C13H12Cl2N4O3/c1-7-12(19(21)22)6-18(17-7)8(2)13(20)16-9-3-4-10(14)11(15)5-9/h3-6,8H,1-2H3,(H,16,20). The number of amides is 1. The van der Waals surface area contributed by atoms with Crippen LogP contribution in [0.5, 0.6) is 0 Å². The van der Waals surface area contributed by atoms with Crippen molar-refractivity contribution in [1.29, 1.82) is 0 Å². The number of aromatic nitrogens is 2. The summed E-state index contributed by atoms with van der Waals surface area (Å²) in [6.45, 7) is 3.10. The van der Waals surface area contributed by atoms with Gasteiger partial charge in [0, 0.05) is 5.69 Å². The number of anilines is 1. The third kappa shape index (κ3) is 3.37. The predicted octanol–water partition coefficient (Wildman–Crippen LogP) is 3.61. The van der Waals surface area contributed by atoms with E-state index in [4.69, 9.17) is 23.2 Å². The fraction of sp³-hybridized carbons (Fsp3) is 0.231. The highest BCUT2D eigenvalue weighted by Crippen LogP contribution is 2.26. The SMILES string of the molecule is Cc1nn(C(C)C(=O)Nc2ccc(Cl)c(Cl)c2)cc1[N+](=O)[O-]. The van der Waals surface area contributed by atoms with Gasteiger partial charge in [-0.2, -0.15) is 5.10 Å². The van der Waals surface area contributed by atoms with E-state index in [2.05, 4.69) is 10.4 Å². The molecule has 1 unspecified atom stereocenters. The maximum Gasteiger partial charge on any atom is 0.309 e. The number of hydrogen-bond donors (Lipinski definition) is 1. The molecule has 0 saturated heterocycles. The summed E-state index contributed by atoms with van der Waals surface area (Å²) < 4.78 is 1.25. The molecule has 0 aliphatic heterocycles. The largest absolute Gasteiger partial charge is 0.324 e. The quantitative estimate of drug-likeness (QED) is 0.678. The average Bonchev–Trinajstić information content (AvgIpc) is 2.84. The maximum absolute atomic E-state index is 12.2. The fourth-order valence-electron chi connectivity index (χ4n) is 1.79. The maximum atomic E-state index is 12.2. The zero-order valence-corrected chi connectivity index (χ0v) is 13.2. The van der Waals surface area contributed by atoms with Gasteiger partial charge in [-0.15, -0.1) is 0 Å². The molecule has 1 N–H and O–H groups in total. The van der Waals surface area contributed by atoms with Gasteiger partial charge in [0.2, 0.25) is 5.91 Å². The summed E-state index contributed by atoms with van der Waals surface area (Å²) in [6, 6.07) is 3.97. The molecule has 9 heteroatoms. The first-order chi connectivity index (χ1) is 10.3. The highest BCUT2D eigenvalue weighted by atomic mass is 35.5. The molecular formula is C13H12Cl2N4O3. The topological polar surface area (TPSA) is 90.1 Å². The van der Waals surface area contributed by atoms with Gasteiger partial charge in [0.1, 0.15) is 17.9 Å². The van der Waals surface area contributed by atoms with E-state index in [0.29, 0.717) is 15.7 Å². The van der Waals surface area contributed by atoms with Crippen LogP contribution in [0.15, 0.2) is 24.4 Å². The highest BCUT2D eigenvalue weighted by molar-refractivity contribution is 6.42. The third-order valence-corrected chi connectivity index (χ3v) is 3.79. The number of benzene rings is 1. The van der Waals surface area contributed by atoms with Crippen LogP contribution in [0.3, 0.4) is 0 Å². The Balaban J connectivity index is 2.16. The van der Waals surface area contributed by atoms with Gasteiger partial charge in [0.15, 0.2) is 0 Å². The molecule has 0 fully saturated rings. The number of nitrogens with one attached hydrogen (secondary N) is 1. The van der Waals surface area contributed by atoms with Gasteiger partial charge in [0.25, 0.3) is 0 Å². The Morgan fingerprint density at radius 2 is 2.09 bits per heavy atom. The van der Waals surface area contributed by atoms with E-state index in [-0.39, 0.29) is 17.3 Å². The van der Waals surface area contributed by atoms with Crippen molar-refractivity contribution in [3.8, 4) is 0 Å². The molecule has 0 aliphatic carbocycles. The van der Waals surface area contributed by atoms with E-state index in [1.54, 1.807) is 19.1 Å². The van der Waals surface area contributed by atoms with Crippen molar-refractivity contribution >= 4 is 40.5 Å². The van der Waals surface area contributed by atoms with Crippen LogP contribution in [0.4, 0.5) is 11.4 Å². The van der Waals surface area contributed by atoms with Crippen LogP contribution < -0.4 is 5.32 Å². The number of rotatable bonds is 4. The first-order valence-corrected chi connectivity index (χ1v) is 7.01. The lowest BCUT2D eigenvalue weighted by molar-refractivity contribution is -0.385. The Hall–Kier alpha value is -2.12. The summed E-state index contributed by atoms with van der Waals surface area (Å²) in [5, 5.41) is 18.2. The van der Waals surface area contributed by atoms with Crippen LogP contribution in [0.1, 0.15) is 18.7 Å². The van der Waals surface area contributed by atoms with Crippen LogP contribution in [-0.2, 0) is 4.79 Å². The first kappa shape index (κ1) is 16.3. The zero-order chi connectivity index (χ0) is 16.4. The smallest absolute Gasteiger partial charge is 0.309 e. The number of carbonyl (C=O) groups is 1. The number of hydrogen-bond acceptors (Lipinski definition) is 4. The molecule has 1 amide bonds. The molecule has 7 nitrogen and oxygen atoms in total. The van der Waals surface area contributed by atoms with Crippen LogP contribution in [0.2, 0.25) is 10.0 Å². The molecule has 1 aromatic heterocycles. The van der Waals surface area contributed by atoms with Crippen molar-refractivity contribution in [2.45, 2.75) is 19.9 Å². The van der Waals surface area contributed by atoms with Gasteiger partial charge < -0.3 is 5.32 Å². The van der Waals surface area contributed by atoms with Gasteiger partial charge >= 0.3 is 5.69 Å². The van der Waals surface area contributed by atoms with Crippen molar-refractivity contribution in [1.82, 2.24) is 9.78 Å². The van der Waals surface area contributed by atoms with Gasteiger partial charge in [-0.05, 0) is 32.0 Å². The number of nitro groups is 1.